The molecule has 3 N–H and O–H groups in total. The van der Waals surface area contributed by atoms with E-state index < -0.39 is 0 Å². The minimum Gasteiger partial charge on any atom is -0.396 e. The average molecular weight is 310 g/mol. The highest BCUT2D eigenvalue weighted by molar-refractivity contribution is 5.90. The molecule has 4 nitrogen and oxygen atoms in total. The fourth-order valence-electron chi connectivity index (χ4n) is 3.08. The molecule has 1 aliphatic carbocycles. The number of benzene rings is 2. The molecule has 0 heterocycles. The molecule has 1 aliphatic rings. The van der Waals surface area contributed by atoms with E-state index in [0.717, 1.165) is 18.5 Å². The number of hydrogen-bond donors (Lipinski definition) is 3. The van der Waals surface area contributed by atoms with Crippen molar-refractivity contribution in [1.82, 2.24) is 5.32 Å². The standard InChI is InChI=1S/C19H22N2O2/c1-13(5-4-10-22)20-19(23)21-16-8-9-18-15(12-16)11-14-6-2-3-7-17(14)18/h2-3,6-9,12-13,22H,4-5,10-11H2,1H3,(H2,20,21,23). The Hall–Kier alpha value is -2.33. The number of carbonyl (C=O) groups is 1. The molecule has 0 saturated heterocycles. The molecule has 0 spiro atoms. The summed E-state index contributed by atoms with van der Waals surface area (Å²) in [6.45, 7) is 2.09. The number of hydrogen-bond acceptors (Lipinski definition) is 2. The first kappa shape index (κ1) is 15.6. The maximum Gasteiger partial charge on any atom is 0.319 e. The zero-order valence-electron chi connectivity index (χ0n) is 13.3. The lowest BCUT2D eigenvalue weighted by Crippen LogP contribution is -2.36. The minimum atomic E-state index is -0.203. The Balaban J connectivity index is 1.65. The number of anilines is 1. The highest BCUT2D eigenvalue weighted by atomic mass is 16.3. The van der Waals surface area contributed by atoms with Crippen LogP contribution in [0.25, 0.3) is 11.1 Å². The summed E-state index contributed by atoms with van der Waals surface area (Å²) in [4.78, 5) is 12.0. The molecular weight excluding hydrogens is 288 g/mol. The monoisotopic (exact) mass is 310 g/mol. The largest absolute Gasteiger partial charge is 0.396 e. The first-order valence-corrected chi connectivity index (χ1v) is 8.07. The van der Waals surface area contributed by atoms with Crippen molar-refractivity contribution in [1.29, 1.82) is 0 Å². The fourth-order valence-corrected chi connectivity index (χ4v) is 3.08. The van der Waals surface area contributed by atoms with Crippen LogP contribution in [0, 0.1) is 0 Å². The molecule has 3 rings (SSSR count). The van der Waals surface area contributed by atoms with Gasteiger partial charge in [0.25, 0.3) is 0 Å². The van der Waals surface area contributed by atoms with Crippen LogP contribution in [-0.4, -0.2) is 23.8 Å². The topological polar surface area (TPSA) is 61.4 Å². The van der Waals surface area contributed by atoms with E-state index in [1.807, 2.05) is 19.1 Å². The van der Waals surface area contributed by atoms with Crippen molar-refractivity contribution in [2.75, 3.05) is 11.9 Å². The Kier molecular flexibility index (Phi) is 4.63. The first-order valence-electron chi connectivity index (χ1n) is 8.07. The SMILES string of the molecule is CC(CCCO)NC(=O)Nc1ccc2c(c1)Cc1ccccc1-2. The Morgan fingerprint density at radius 3 is 2.78 bits per heavy atom. The molecule has 1 unspecified atom stereocenters. The van der Waals surface area contributed by atoms with Crippen molar-refractivity contribution >= 4 is 11.7 Å². The molecule has 0 radical (unpaired) electrons. The summed E-state index contributed by atoms with van der Waals surface area (Å²) >= 11 is 0. The lowest BCUT2D eigenvalue weighted by atomic mass is 10.1. The molecule has 2 aromatic rings. The van der Waals surface area contributed by atoms with Crippen molar-refractivity contribution < 1.29 is 9.90 Å². The van der Waals surface area contributed by atoms with Gasteiger partial charge in [-0.3, -0.25) is 0 Å². The third kappa shape index (κ3) is 3.54. The Morgan fingerprint density at radius 2 is 1.96 bits per heavy atom. The van der Waals surface area contributed by atoms with Crippen molar-refractivity contribution in [3.05, 3.63) is 53.6 Å². The summed E-state index contributed by atoms with van der Waals surface area (Å²) < 4.78 is 0. The predicted molar refractivity (Wildman–Crippen MR) is 92.6 cm³/mol. The summed E-state index contributed by atoms with van der Waals surface area (Å²) in [6, 6.07) is 14.3. The van der Waals surface area contributed by atoms with Crippen LogP contribution in [0.4, 0.5) is 10.5 Å². The van der Waals surface area contributed by atoms with Crippen molar-refractivity contribution in [3.8, 4) is 11.1 Å². The molecule has 0 aromatic heterocycles. The maximum atomic E-state index is 12.0. The van der Waals surface area contributed by atoms with Crippen LogP contribution in [0.15, 0.2) is 42.5 Å². The van der Waals surface area contributed by atoms with E-state index in [9.17, 15) is 4.79 Å². The van der Waals surface area contributed by atoms with Gasteiger partial charge in [0.1, 0.15) is 0 Å². The minimum absolute atomic E-state index is 0.0424. The molecule has 4 heteroatoms. The van der Waals surface area contributed by atoms with Gasteiger partial charge >= 0.3 is 6.03 Å². The van der Waals surface area contributed by atoms with Crippen molar-refractivity contribution in [2.45, 2.75) is 32.2 Å². The van der Waals surface area contributed by atoms with Gasteiger partial charge in [0.15, 0.2) is 0 Å². The second-order valence-electron chi connectivity index (χ2n) is 6.07. The zero-order chi connectivity index (χ0) is 16.2. The second-order valence-corrected chi connectivity index (χ2v) is 6.07. The zero-order valence-corrected chi connectivity index (χ0v) is 13.3. The van der Waals surface area contributed by atoms with Crippen LogP contribution in [0.2, 0.25) is 0 Å². The number of nitrogens with one attached hydrogen (secondary N) is 2. The van der Waals surface area contributed by atoms with E-state index in [2.05, 4.69) is 41.0 Å². The second kappa shape index (κ2) is 6.84. The molecular formula is C19H22N2O2. The average Bonchev–Trinajstić information content (AvgIpc) is 2.90. The third-order valence-electron chi connectivity index (χ3n) is 4.22. The molecule has 2 aromatic carbocycles. The number of aliphatic hydroxyl groups excluding tert-OH is 1. The van der Waals surface area contributed by atoms with Gasteiger partial charge < -0.3 is 15.7 Å². The third-order valence-corrected chi connectivity index (χ3v) is 4.22. The van der Waals surface area contributed by atoms with Gasteiger partial charge in [-0.1, -0.05) is 30.3 Å². The lowest BCUT2D eigenvalue weighted by Gasteiger charge is -2.14. The molecule has 1 atom stereocenters. The molecule has 2 amide bonds. The van der Waals surface area contributed by atoms with Crippen molar-refractivity contribution in [3.63, 3.8) is 0 Å². The molecule has 120 valence electrons. The summed E-state index contributed by atoms with van der Waals surface area (Å²) in [7, 11) is 0. The van der Waals surface area contributed by atoms with Crippen molar-refractivity contribution in [2.24, 2.45) is 0 Å². The lowest BCUT2D eigenvalue weighted by molar-refractivity contribution is 0.245. The molecule has 0 saturated carbocycles. The number of urea groups is 1. The van der Waals surface area contributed by atoms with Crippen LogP contribution < -0.4 is 10.6 Å². The number of rotatable bonds is 5. The summed E-state index contributed by atoms with van der Waals surface area (Å²) in [5.74, 6) is 0. The summed E-state index contributed by atoms with van der Waals surface area (Å²) in [6.07, 6.45) is 2.37. The summed E-state index contributed by atoms with van der Waals surface area (Å²) in [5.41, 5.74) is 5.93. The van der Waals surface area contributed by atoms with Gasteiger partial charge in [-0.15, -0.1) is 0 Å². The molecule has 0 fully saturated rings. The normalized spacial score (nSPS) is 13.1. The predicted octanol–water partition coefficient (Wildman–Crippen LogP) is 3.54. The van der Waals surface area contributed by atoms with E-state index >= 15 is 0 Å². The number of aliphatic hydroxyl groups is 1. The Bertz CT molecular complexity index is 712. The number of amides is 2. The van der Waals surface area contributed by atoms with Gasteiger partial charge in [-0.25, -0.2) is 4.79 Å². The Labute approximate surface area is 136 Å². The van der Waals surface area contributed by atoms with Crippen LogP contribution >= 0.6 is 0 Å². The molecule has 0 bridgehead atoms. The van der Waals surface area contributed by atoms with Gasteiger partial charge in [0, 0.05) is 18.3 Å². The number of fused-ring (bicyclic) bond motifs is 3. The first-order chi connectivity index (χ1) is 11.2. The van der Waals surface area contributed by atoms with Gasteiger partial charge in [-0.2, -0.15) is 0 Å². The van der Waals surface area contributed by atoms with Crippen LogP contribution in [0.5, 0.6) is 0 Å². The molecule has 0 aliphatic heterocycles. The van der Waals surface area contributed by atoms with Gasteiger partial charge in [0.2, 0.25) is 0 Å². The van der Waals surface area contributed by atoms with E-state index in [4.69, 9.17) is 5.11 Å². The molecule has 23 heavy (non-hydrogen) atoms. The van der Waals surface area contributed by atoms with Gasteiger partial charge in [-0.05, 0) is 60.6 Å². The smallest absolute Gasteiger partial charge is 0.319 e. The van der Waals surface area contributed by atoms with E-state index in [1.54, 1.807) is 0 Å². The quantitative estimate of drug-likeness (QED) is 0.675. The van der Waals surface area contributed by atoms with E-state index in [0.29, 0.717) is 6.42 Å². The van der Waals surface area contributed by atoms with Crippen LogP contribution in [0.1, 0.15) is 30.9 Å². The highest BCUT2D eigenvalue weighted by Gasteiger charge is 2.18. The van der Waals surface area contributed by atoms with E-state index in [1.165, 1.54) is 22.3 Å². The summed E-state index contributed by atoms with van der Waals surface area (Å²) in [5, 5.41) is 14.6. The van der Waals surface area contributed by atoms with Crippen LogP contribution in [0.3, 0.4) is 0 Å². The highest BCUT2D eigenvalue weighted by Crippen LogP contribution is 2.37. The number of carbonyl (C=O) groups excluding carboxylic acids is 1. The van der Waals surface area contributed by atoms with Gasteiger partial charge in [0.05, 0.1) is 0 Å². The van der Waals surface area contributed by atoms with E-state index in [-0.39, 0.29) is 18.7 Å². The maximum absolute atomic E-state index is 12.0. The van der Waals surface area contributed by atoms with Crippen LogP contribution in [-0.2, 0) is 6.42 Å². The Morgan fingerprint density at radius 1 is 1.17 bits per heavy atom. The fraction of sp³-hybridized carbons (Fsp3) is 0.316.